The van der Waals surface area contributed by atoms with Crippen LogP contribution in [-0.4, -0.2) is 62.8 Å². The summed E-state index contributed by atoms with van der Waals surface area (Å²) in [5.41, 5.74) is 0. The van der Waals surface area contributed by atoms with Crippen LogP contribution in [0, 0.1) is 0 Å². The predicted octanol–water partition coefficient (Wildman–Crippen LogP) is 0.491. The minimum Gasteiger partial charge on any atom is -0.382 e. The first kappa shape index (κ1) is 17.5. The van der Waals surface area contributed by atoms with Gasteiger partial charge in [0.05, 0.1) is 13.2 Å². The first-order valence-corrected chi connectivity index (χ1v) is 7.35. The van der Waals surface area contributed by atoms with Gasteiger partial charge < -0.3 is 20.1 Å². The van der Waals surface area contributed by atoms with Crippen molar-refractivity contribution in [1.29, 1.82) is 0 Å². The molecule has 0 saturated carbocycles. The predicted molar refractivity (Wildman–Crippen MR) is 83.5 cm³/mol. The lowest BCUT2D eigenvalue weighted by molar-refractivity contribution is 0.0698. The van der Waals surface area contributed by atoms with E-state index in [1.165, 1.54) is 0 Å². The van der Waals surface area contributed by atoms with Crippen molar-refractivity contribution in [3.05, 3.63) is 18.5 Å². The van der Waals surface area contributed by atoms with Crippen molar-refractivity contribution in [2.24, 2.45) is 4.99 Å². The Morgan fingerprint density at radius 3 is 2.67 bits per heavy atom. The molecule has 2 N–H and O–H groups in total. The van der Waals surface area contributed by atoms with Crippen molar-refractivity contribution in [2.45, 2.75) is 19.4 Å². The lowest BCUT2D eigenvalue weighted by atomic mass is 10.4. The number of hydrogen-bond donors (Lipinski definition) is 2. The summed E-state index contributed by atoms with van der Waals surface area (Å²) in [7, 11) is 3.45. The maximum absolute atomic E-state index is 5.39. The van der Waals surface area contributed by atoms with Crippen LogP contribution in [0.15, 0.2) is 23.5 Å². The molecule has 0 fully saturated rings. The van der Waals surface area contributed by atoms with Gasteiger partial charge in [0, 0.05) is 52.8 Å². The average Bonchev–Trinajstić information content (AvgIpc) is 3.01. The largest absolute Gasteiger partial charge is 0.382 e. The normalized spacial score (nSPS) is 11.6. The smallest absolute Gasteiger partial charge is 0.190 e. The third-order valence-electron chi connectivity index (χ3n) is 2.83. The van der Waals surface area contributed by atoms with E-state index in [0.717, 1.165) is 45.0 Å². The number of aliphatic imine (C=N–C) groups is 1. The van der Waals surface area contributed by atoms with Gasteiger partial charge >= 0.3 is 0 Å². The minimum atomic E-state index is 0.646. The number of aryl methyl sites for hydroxylation is 1. The lowest BCUT2D eigenvalue weighted by Gasteiger charge is -2.12. The molecular weight excluding hydrogens is 270 g/mol. The topological polar surface area (TPSA) is 72.7 Å². The fourth-order valence-corrected chi connectivity index (χ4v) is 1.73. The van der Waals surface area contributed by atoms with E-state index in [9.17, 15) is 0 Å². The van der Waals surface area contributed by atoms with Crippen LogP contribution in [0.2, 0.25) is 0 Å². The van der Waals surface area contributed by atoms with E-state index in [2.05, 4.69) is 20.7 Å². The van der Waals surface area contributed by atoms with Gasteiger partial charge in [0.25, 0.3) is 0 Å². The molecule has 0 spiro atoms. The molecule has 1 aromatic rings. The van der Waals surface area contributed by atoms with Crippen LogP contribution in [0.25, 0.3) is 0 Å². The number of nitrogens with one attached hydrogen (secondary N) is 2. The molecule has 0 atom stereocenters. The van der Waals surface area contributed by atoms with E-state index < -0.39 is 0 Å². The molecule has 0 amide bonds. The van der Waals surface area contributed by atoms with Crippen LogP contribution in [0.1, 0.15) is 12.8 Å². The number of aromatic nitrogens is 2. The third-order valence-corrected chi connectivity index (χ3v) is 2.83. The molecule has 0 aliphatic rings. The van der Waals surface area contributed by atoms with Gasteiger partial charge in [-0.1, -0.05) is 0 Å². The standard InChI is InChI=1S/C14H27N5O2/c1-15-14(17-7-5-11-21-13-12-20-2)16-6-3-9-19-10-4-8-18-19/h4,8,10H,3,5-7,9,11-13H2,1-2H3,(H2,15,16,17). The molecule has 0 saturated heterocycles. The minimum absolute atomic E-state index is 0.646. The average molecular weight is 297 g/mol. The van der Waals surface area contributed by atoms with Gasteiger partial charge in [-0.25, -0.2) is 0 Å². The molecule has 1 aromatic heterocycles. The maximum atomic E-state index is 5.39. The highest BCUT2D eigenvalue weighted by atomic mass is 16.5. The quantitative estimate of drug-likeness (QED) is 0.353. The molecule has 0 radical (unpaired) electrons. The molecule has 1 rings (SSSR count). The zero-order chi connectivity index (χ0) is 15.2. The van der Waals surface area contributed by atoms with Gasteiger partial charge in [-0.05, 0) is 18.9 Å². The highest BCUT2D eigenvalue weighted by Gasteiger charge is 1.97. The molecule has 0 aliphatic heterocycles. The maximum Gasteiger partial charge on any atom is 0.190 e. The second-order valence-corrected chi connectivity index (χ2v) is 4.51. The highest BCUT2D eigenvalue weighted by molar-refractivity contribution is 5.79. The molecule has 0 unspecified atom stereocenters. The van der Waals surface area contributed by atoms with E-state index in [4.69, 9.17) is 9.47 Å². The zero-order valence-corrected chi connectivity index (χ0v) is 13.0. The number of hydrogen-bond acceptors (Lipinski definition) is 4. The van der Waals surface area contributed by atoms with Crippen LogP contribution in [0.3, 0.4) is 0 Å². The first-order valence-electron chi connectivity index (χ1n) is 7.35. The van der Waals surface area contributed by atoms with E-state index >= 15 is 0 Å². The van der Waals surface area contributed by atoms with Crippen molar-refractivity contribution >= 4 is 5.96 Å². The second kappa shape index (κ2) is 12.2. The van der Waals surface area contributed by atoms with Crippen molar-refractivity contribution in [3.63, 3.8) is 0 Å². The van der Waals surface area contributed by atoms with Crippen LogP contribution in [0.4, 0.5) is 0 Å². The number of nitrogens with zero attached hydrogens (tertiary/aromatic N) is 3. The van der Waals surface area contributed by atoms with Crippen molar-refractivity contribution in [1.82, 2.24) is 20.4 Å². The monoisotopic (exact) mass is 297 g/mol. The van der Waals surface area contributed by atoms with E-state index in [1.807, 2.05) is 16.9 Å². The second-order valence-electron chi connectivity index (χ2n) is 4.51. The summed E-state index contributed by atoms with van der Waals surface area (Å²) in [6.07, 6.45) is 5.71. The van der Waals surface area contributed by atoms with Crippen LogP contribution in [-0.2, 0) is 16.0 Å². The molecular formula is C14H27N5O2. The van der Waals surface area contributed by atoms with Gasteiger partial charge in [0.1, 0.15) is 0 Å². The Labute approximate surface area is 126 Å². The van der Waals surface area contributed by atoms with Gasteiger partial charge in [-0.15, -0.1) is 0 Å². The Hall–Kier alpha value is -1.60. The van der Waals surface area contributed by atoms with Gasteiger partial charge in [-0.3, -0.25) is 9.67 Å². The molecule has 120 valence electrons. The molecule has 0 aliphatic carbocycles. The molecule has 7 nitrogen and oxygen atoms in total. The molecule has 0 aromatic carbocycles. The van der Waals surface area contributed by atoms with Crippen LogP contribution < -0.4 is 10.6 Å². The van der Waals surface area contributed by atoms with Crippen LogP contribution >= 0.6 is 0 Å². The summed E-state index contributed by atoms with van der Waals surface area (Å²) in [5, 5.41) is 10.7. The first-order chi connectivity index (χ1) is 10.4. The summed E-state index contributed by atoms with van der Waals surface area (Å²) in [5.74, 6) is 0.826. The molecule has 0 bridgehead atoms. The summed E-state index contributed by atoms with van der Waals surface area (Å²) >= 11 is 0. The lowest BCUT2D eigenvalue weighted by Crippen LogP contribution is -2.38. The zero-order valence-electron chi connectivity index (χ0n) is 13.0. The number of ether oxygens (including phenoxy) is 2. The van der Waals surface area contributed by atoms with Crippen molar-refractivity contribution < 1.29 is 9.47 Å². The molecule has 21 heavy (non-hydrogen) atoms. The number of rotatable bonds is 11. The van der Waals surface area contributed by atoms with E-state index in [0.29, 0.717) is 13.2 Å². The third kappa shape index (κ3) is 9.04. The fourth-order valence-electron chi connectivity index (χ4n) is 1.73. The van der Waals surface area contributed by atoms with E-state index in [1.54, 1.807) is 20.4 Å². The summed E-state index contributed by atoms with van der Waals surface area (Å²) in [4.78, 5) is 4.18. The fraction of sp³-hybridized carbons (Fsp3) is 0.714. The van der Waals surface area contributed by atoms with Gasteiger partial charge in [0.15, 0.2) is 5.96 Å². The molecule has 7 heteroatoms. The Kier molecular flexibility index (Phi) is 10.1. The Balaban J connectivity index is 1.96. The Morgan fingerprint density at radius 1 is 1.19 bits per heavy atom. The van der Waals surface area contributed by atoms with Gasteiger partial charge in [-0.2, -0.15) is 5.10 Å². The number of guanidine groups is 1. The SMILES string of the molecule is CN=C(NCCCOCCOC)NCCCn1cccn1. The van der Waals surface area contributed by atoms with Crippen LogP contribution in [0.5, 0.6) is 0 Å². The van der Waals surface area contributed by atoms with Crippen molar-refractivity contribution in [3.8, 4) is 0 Å². The molecule has 1 heterocycles. The number of methoxy groups -OCH3 is 1. The summed E-state index contributed by atoms with van der Waals surface area (Å²) in [6, 6.07) is 1.93. The Morgan fingerprint density at radius 2 is 2.00 bits per heavy atom. The van der Waals surface area contributed by atoms with E-state index in [-0.39, 0.29) is 0 Å². The summed E-state index contributed by atoms with van der Waals surface area (Å²) < 4.78 is 12.2. The summed E-state index contributed by atoms with van der Waals surface area (Å²) in [6.45, 7) is 4.64. The highest BCUT2D eigenvalue weighted by Crippen LogP contribution is 1.88. The van der Waals surface area contributed by atoms with Crippen molar-refractivity contribution in [2.75, 3.05) is 47.1 Å². The Bertz CT molecular complexity index is 367. The van der Waals surface area contributed by atoms with Gasteiger partial charge in [0.2, 0.25) is 0 Å².